The van der Waals surface area contributed by atoms with Gasteiger partial charge in [-0.05, 0) is 30.3 Å². The van der Waals surface area contributed by atoms with Crippen molar-refractivity contribution in [1.29, 1.82) is 0 Å². The van der Waals surface area contributed by atoms with Gasteiger partial charge in [-0.1, -0.05) is 11.6 Å². The Hall–Kier alpha value is -1.72. The maximum absolute atomic E-state index is 13.8. The van der Waals surface area contributed by atoms with E-state index in [-0.39, 0.29) is 21.9 Å². The summed E-state index contributed by atoms with van der Waals surface area (Å²) in [4.78, 5) is 0. The first-order valence-electron chi connectivity index (χ1n) is 5.67. The first kappa shape index (κ1) is 14.7. The Kier molecular flexibility index (Phi) is 4.20. The molecule has 0 aliphatic carbocycles. The van der Waals surface area contributed by atoms with Crippen LogP contribution in [0.2, 0.25) is 5.02 Å². The summed E-state index contributed by atoms with van der Waals surface area (Å²) >= 11 is 5.48. The summed E-state index contributed by atoms with van der Waals surface area (Å²) in [6.07, 6.45) is 0. The van der Waals surface area contributed by atoms with Crippen molar-refractivity contribution < 1.29 is 17.9 Å². The van der Waals surface area contributed by atoms with Crippen LogP contribution in [0.1, 0.15) is 17.2 Å². The van der Waals surface area contributed by atoms with Crippen LogP contribution in [0.25, 0.3) is 0 Å². The molecule has 1 atom stereocenters. The third-order valence-corrected chi connectivity index (χ3v) is 3.19. The average molecular weight is 302 g/mol. The van der Waals surface area contributed by atoms with Crippen LogP contribution >= 0.6 is 11.6 Å². The van der Waals surface area contributed by atoms with Gasteiger partial charge >= 0.3 is 0 Å². The van der Waals surface area contributed by atoms with Crippen molar-refractivity contribution in [2.24, 2.45) is 5.73 Å². The molecule has 106 valence electrons. The Morgan fingerprint density at radius 3 is 2.40 bits per heavy atom. The van der Waals surface area contributed by atoms with Crippen molar-refractivity contribution in [2.75, 3.05) is 7.11 Å². The highest BCUT2D eigenvalue weighted by molar-refractivity contribution is 6.30. The fourth-order valence-corrected chi connectivity index (χ4v) is 2.04. The molecular formula is C14H11ClF3NO. The lowest BCUT2D eigenvalue weighted by Crippen LogP contribution is -2.15. The van der Waals surface area contributed by atoms with Gasteiger partial charge in [-0.2, -0.15) is 0 Å². The third-order valence-electron chi connectivity index (χ3n) is 2.90. The molecule has 2 aromatic rings. The Labute approximate surface area is 118 Å². The molecule has 0 aromatic heterocycles. The van der Waals surface area contributed by atoms with Crippen LogP contribution in [0.4, 0.5) is 13.2 Å². The van der Waals surface area contributed by atoms with Crippen LogP contribution in [0.15, 0.2) is 30.3 Å². The molecule has 0 aliphatic heterocycles. The fourth-order valence-electron chi connectivity index (χ4n) is 1.89. The zero-order valence-electron chi connectivity index (χ0n) is 10.5. The van der Waals surface area contributed by atoms with E-state index in [9.17, 15) is 13.2 Å². The molecule has 0 aliphatic rings. The second-order valence-electron chi connectivity index (χ2n) is 4.15. The van der Waals surface area contributed by atoms with E-state index < -0.39 is 23.5 Å². The van der Waals surface area contributed by atoms with E-state index in [1.165, 1.54) is 19.2 Å². The number of hydrogen-bond donors (Lipinski definition) is 1. The minimum Gasteiger partial charge on any atom is -0.496 e. The van der Waals surface area contributed by atoms with Gasteiger partial charge < -0.3 is 10.5 Å². The molecule has 2 rings (SSSR count). The maximum Gasteiger partial charge on any atom is 0.142 e. The molecule has 2 aromatic carbocycles. The Morgan fingerprint density at radius 2 is 1.75 bits per heavy atom. The summed E-state index contributed by atoms with van der Waals surface area (Å²) in [7, 11) is 1.38. The van der Waals surface area contributed by atoms with E-state index in [0.717, 1.165) is 18.2 Å². The van der Waals surface area contributed by atoms with E-state index in [0.29, 0.717) is 0 Å². The molecule has 0 fully saturated rings. The zero-order valence-corrected chi connectivity index (χ0v) is 11.2. The van der Waals surface area contributed by atoms with Gasteiger partial charge in [-0.25, -0.2) is 13.2 Å². The van der Waals surface area contributed by atoms with Crippen LogP contribution in [0, 0.1) is 17.5 Å². The summed E-state index contributed by atoms with van der Waals surface area (Å²) in [6.45, 7) is 0. The molecule has 2 nitrogen and oxygen atoms in total. The van der Waals surface area contributed by atoms with E-state index in [1.807, 2.05) is 0 Å². The minimum absolute atomic E-state index is 0.129. The predicted molar refractivity (Wildman–Crippen MR) is 70.4 cm³/mol. The number of halogens is 4. The van der Waals surface area contributed by atoms with Gasteiger partial charge in [-0.15, -0.1) is 0 Å². The molecular weight excluding hydrogens is 291 g/mol. The monoisotopic (exact) mass is 301 g/mol. The van der Waals surface area contributed by atoms with Gasteiger partial charge in [0.05, 0.1) is 18.2 Å². The lowest BCUT2D eigenvalue weighted by atomic mass is 9.98. The SMILES string of the molecule is COc1ccc(F)cc1C(N)c1cc(F)c(Cl)cc1F. The molecule has 0 heterocycles. The molecule has 2 N–H and O–H groups in total. The molecule has 6 heteroatoms. The summed E-state index contributed by atoms with van der Waals surface area (Å²) < 4.78 is 45.6. The molecule has 1 unspecified atom stereocenters. The average Bonchev–Trinajstić information content (AvgIpc) is 2.42. The smallest absolute Gasteiger partial charge is 0.142 e. The molecule has 0 saturated heterocycles. The van der Waals surface area contributed by atoms with Crippen molar-refractivity contribution in [3.8, 4) is 5.75 Å². The Balaban J connectivity index is 2.54. The molecule has 0 saturated carbocycles. The minimum atomic E-state index is -1.08. The molecule has 0 radical (unpaired) electrons. The maximum atomic E-state index is 13.8. The Bertz CT molecular complexity index is 649. The number of ether oxygens (including phenoxy) is 1. The van der Waals surface area contributed by atoms with Gasteiger partial charge in [0.25, 0.3) is 0 Å². The summed E-state index contributed by atoms with van der Waals surface area (Å²) in [5.41, 5.74) is 5.97. The van der Waals surface area contributed by atoms with E-state index >= 15 is 0 Å². The molecule has 0 spiro atoms. The van der Waals surface area contributed by atoms with Crippen LogP contribution in [-0.2, 0) is 0 Å². The van der Waals surface area contributed by atoms with Gasteiger partial charge in [0, 0.05) is 11.1 Å². The highest BCUT2D eigenvalue weighted by atomic mass is 35.5. The lowest BCUT2D eigenvalue weighted by molar-refractivity contribution is 0.405. The quantitative estimate of drug-likeness (QED) is 0.875. The van der Waals surface area contributed by atoms with E-state index in [1.54, 1.807) is 0 Å². The second-order valence-corrected chi connectivity index (χ2v) is 4.56. The van der Waals surface area contributed by atoms with Crippen molar-refractivity contribution in [1.82, 2.24) is 0 Å². The van der Waals surface area contributed by atoms with Gasteiger partial charge in [0.1, 0.15) is 23.2 Å². The fraction of sp³-hybridized carbons (Fsp3) is 0.143. The van der Waals surface area contributed by atoms with Gasteiger partial charge in [0.2, 0.25) is 0 Å². The molecule has 20 heavy (non-hydrogen) atoms. The van der Waals surface area contributed by atoms with Crippen LogP contribution in [0.5, 0.6) is 5.75 Å². The van der Waals surface area contributed by atoms with Gasteiger partial charge in [-0.3, -0.25) is 0 Å². The standard InChI is InChI=1S/C14H11ClF3NO/c1-20-13-3-2-7(16)4-9(13)14(19)8-5-12(18)10(15)6-11(8)17/h2-6,14H,19H2,1H3. The van der Waals surface area contributed by atoms with Crippen LogP contribution in [0.3, 0.4) is 0 Å². The van der Waals surface area contributed by atoms with Crippen LogP contribution < -0.4 is 10.5 Å². The largest absolute Gasteiger partial charge is 0.496 e. The van der Waals surface area contributed by atoms with E-state index in [2.05, 4.69) is 0 Å². The van der Waals surface area contributed by atoms with Crippen molar-refractivity contribution in [2.45, 2.75) is 6.04 Å². The number of methoxy groups -OCH3 is 1. The lowest BCUT2D eigenvalue weighted by Gasteiger charge is -2.17. The van der Waals surface area contributed by atoms with Crippen LogP contribution in [-0.4, -0.2) is 7.11 Å². The number of hydrogen-bond acceptors (Lipinski definition) is 2. The molecule has 0 bridgehead atoms. The van der Waals surface area contributed by atoms with E-state index in [4.69, 9.17) is 22.1 Å². The van der Waals surface area contributed by atoms with Crippen molar-refractivity contribution >= 4 is 11.6 Å². The second kappa shape index (κ2) is 5.73. The topological polar surface area (TPSA) is 35.2 Å². The highest BCUT2D eigenvalue weighted by Gasteiger charge is 2.20. The summed E-state index contributed by atoms with van der Waals surface area (Å²) in [5.74, 6) is -1.83. The summed E-state index contributed by atoms with van der Waals surface area (Å²) in [6, 6.07) is 4.33. The zero-order chi connectivity index (χ0) is 14.9. The van der Waals surface area contributed by atoms with Gasteiger partial charge in [0.15, 0.2) is 0 Å². The highest BCUT2D eigenvalue weighted by Crippen LogP contribution is 2.32. The predicted octanol–water partition coefficient (Wildman–Crippen LogP) is 3.81. The number of nitrogens with two attached hydrogens (primary N) is 1. The third kappa shape index (κ3) is 2.73. The van der Waals surface area contributed by atoms with Crippen molar-refractivity contribution in [3.63, 3.8) is 0 Å². The molecule has 0 amide bonds. The first-order chi connectivity index (χ1) is 9.43. The first-order valence-corrected chi connectivity index (χ1v) is 6.05. The van der Waals surface area contributed by atoms with Crippen molar-refractivity contribution in [3.05, 3.63) is 63.9 Å². The summed E-state index contributed by atoms with van der Waals surface area (Å²) in [5, 5.41) is -0.343. The number of benzene rings is 2. The Morgan fingerprint density at radius 1 is 1.05 bits per heavy atom. The number of rotatable bonds is 3. The normalized spacial score (nSPS) is 12.3.